The largest absolute Gasteiger partial charge is 0.374 e. The lowest BCUT2D eigenvalue weighted by Gasteiger charge is -2.33. The monoisotopic (exact) mass is 286 g/mol. The van der Waals surface area contributed by atoms with Gasteiger partial charge in [0.15, 0.2) is 0 Å². The molecule has 2 aliphatic rings. The Balaban J connectivity index is 1.39. The number of halogens is 1. The first-order valence-corrected chi connectivity index (χ1v) is 7.81. The summed E-state index contributed by atoms with van der Waals surface area (Å²) in [5.41, 5.74) is 0. The molecule has 1 saturated heterocycles. The lowest BCUT2D eigenvalue weighted by Crippen LogP contribution is -2.47. The maximum atomic E-state index is 5.91. The second-order valence-electron chi connectivity index (χ2n) is 5.06. The summed E-state index contributed by atoms with van der Waals surface area (Å²) < 4.78 is 6.66. The quantitative estimate of drug-likeness (QED) is 0.899. The number of thiophene rings is 1. The average Bonchev–Trinajstić information content (AvgIpc) is 3.14. The highest BCUT2D eigenvalue weighted by Gasteiger charge is 2.32. The van der Waals surface area contributed by atoms with Crippen LogP contribution in [0.3, 0.4) is 0 Å². The van der Waals surface area contributed by atoms with E-state index in [1.165, 1.54) is 17.7 Å². The van der Waals surface area contributed by atoms with Crippen molar-refractivity contribution in [3.63, 3.8) is 0 Å². The third kappa shape index (κ3) is 3.45. The van der Waals surface area contributed by atoms with Crippen LogP contribution >= 0.6 is 22.9 Å². The molecule has 2 heterocycles. The van der Waals surface area contributed by atoms with Gasteiger partial charge in [0.05, 0.1) is 17.0 Å². The maximum Gasteiger partial charge on any atom is 0.0931 e. The molecule has 0 radical (unpaired) electrons. The Morgan fingerprint density at radius 2 is 2.33 bits per heavy atom. The molecule has 3 nitrogen and oxygen atoms in total. The fraction of sp³-hybridized carbons (Fsp3) is 0.692. The van der Waals surface area contributed by atoms with Gasteiger partial charge in [-0.15, -0.1) is 11.3 Å². The minimum atomic E-state index is 0.342. The average molecular weight is 287 g/mol. The van der Waals surface area contributed by atoms with Crippen LogP contribution in [0.2, 0.25) is 4.34 Å². The molecule has 5 heteroatoms. The SMILES string of the molecule is Clc1ccc(CNCC2CN(C3CC3)CCO2)s1. The summed E-state index contributed by atoms with van der Waals surface area (Å²) in [5.74, 6) is 0. The number of ether oxygens (including phenoxy) is 1. The van der Waals surface area contributed by atoms with E-state index >= 15 is 0 Å². The Bertz CT molecular complexity index is 394. The summed E-state index contributed by atoms with van der Waals surface area (Å²) in [6.07, 6.45) is 3.11. The van der Waals surface area contributed by atoms with E-state index in [-0.39, 0.29) is 0 Å². The normalized spacial score (nSPS) is 25.5. The summed E-state index contributed by atoms with van der Waals surface area (Å²) in [7, 11) is 0. The minimum absolute atomic E-state index is 0.342. The van der Waals surface area contributed by atoms with Crippen molar-refractivity contribution in [3.8, 4) is 0 Å². The molecule has 0 bridgehead atoms. The van der Waals surface area contributed by atoms with Gasteiger partial charge < -0.3 is 10.1 Å². The number of nitrogens with one attached hydrogen (secondary N) is 1. The van der Waals surface area contributed by atoms with Crippen molar-refractivity contribution in [1.29, 1.82) is 0 Å². The molecular formula is C13H19ClN2OS. The molecule has 1 aliphatic heterocycles. The zero-order valence-electron chi connectivity index (χ0n) is 10.4. The Kier molecular flexibility index (Phi) is 4.21. The molecule has 1 unspecified atom stereocenters. The van der Waals surface area contributed by atoms with E-state index in [1.54, 1.807) is 11.3 Å². The molecule has 1 aromatic heterocycles. The zero-order chi connectivity index (χ0) is 12.4. The van der Waals surface area contributed by atoms with E-state index in [1.807, 2.05) is 6.07 Å². The molecule has 18 heavy (non-hydrogen) atoms. The summed E-state index contributed by atoms with van der Waals surface area (Å²) in [4.78, 5) is 3.87. The van der Waals surface area contributed by atoms with E-state index < -0.39 is 0 Å². The van der Waals surface area contributed by atoms with Gasteiger partial charge >= 0.3 is 0 Å². The van der Waals surface area contributed by atoms with Crippen LogP contribution in [-0.2, 0) is 11.3 Å². The van der Waals surface area contributed by atoms with Crippen LogP contribution in [0.15, 0.2) is 12.1 Å². The van der Waals surface area contributed by atoms with Crippen LogP contribution < -0.4 is 5.32 Å². The summed E-state index contributed by atoms with van der Waals surface area (Å²) in [5, 5.41) is 3.46. The Morgan fingerprint density at radius 1 is 1.44 bits per heavy atom. The van der Waals surface area contributed by atoms with Gasteiger partial charge in [-0.1, -0.05) is 11.6 Å². The molecule has 1 aromatic rings. The van der Waals surface area contributed by atoms with Gasteiger partial charge in [-0.2, -0.15) is 0 Å². The lowest BCUT2D eigenvalue weighted by atomic mass is 10.2. The van der Waals surface area contributed by atoms with Crippen LogP contribution in [0.4, 0.5) is 0 Å². The third-order valence-electron chi connectivity index (χ3n) is 3.53. The molecular weight excluding hydrogens is 268 g/mol. The van der Waals surface area contributed by atoms with E-state index in [4.69, 9.17) is 16.3 Å². The smallest absolute Gasteiger partial charge is 0.0931 e. The van der Waals surface area contributed by atoms with Crippen LogP contribution in [0.1, 0.15) is 17.7 Å². The summed E-state index contributed by atoms with van der Waals surface area (Å²) in [6.45, 7) is 4.90. The van der Waals surface area contributed by atoms with Gasteiger partial charge in [-0.05, 0) is 25.0 Å². The number of morpholine rings is 1. The van der Waals surface area contributed by atoms with Gasteiger partial charge in [-0.25, -0.2) is 0 Å². The molecule has 1 saturated carbocycles. The Hall–Kier alpha value is -0.130. The van der Waals surface area contributed by atoms with E-state index in [0.717, 1.165) is 43.2 Å². The second kappa shape index (κ2) is 5.88. The van der Waals surface area contributed by atoms with Gasteiger partial charge in [0.1, 0.15) is 0 Å². The molecule has 0 aromatic carbocycles. The fourth-order valence-electron chi connectivity index (χ4n) is 2.44. The first kappa shape index (κ1) is 12.9. The lowest BCUT2D eigenvalue weighted by molar-refractivity contribution is -0.0301. The fourth-order valence-corrected chi connectivity index (χ4v) is 3.50. The van der Waals surface area contributed by atoms with Crippen molar-refractivity contribution in [3.05, 3.63) is 21.3 Å². The highest BCUT2D eigenvalue weighted by atomic mass is 35.5. The highest BCUT2D eigenvalue weighted by molar-refractivity contribution is 7.16. The predicted octanol–water partition coefficient (Wildman–Crippen LogP) is 2.35. The van der Waals surface area contributed by atoms with E-state index in [0.29, 0.717) is 6.10 Å². The van der Waals surface area contributed by atoms with Crippen LogP contribution in [0, 0.1) is 0 Å². The molecule has 1 aliphatic carbocycles. The van der Waals surface area contributed by atoms with Crippen molar-refractivity contribution in [1.82, 2.24) is 10.2 Å². The topological polar surface area (TPSA) is 24.5 Å². The Morgan fingerprint density at radius 3 is 3.06 bits per heavy atom. The molecule has 3 rings (SSSR count). The third-order valence-corrected chi connectivity index (χ3v) is 4.76. The molecule has 0 amide bonds. The first-order valence-electron chi connectivity index (χ1n) is 6.62. The van der Waals surface area contributed by atoms with Crippen molar-refractivity contribution in [2.45, 2.75) is 31.5 Å². The van der Waals surface area contributed by atoms with Gasteiger partial charge in [0.2, 0.25) is 0 Å². The zero-order valence-corrected chi connectivity index (χ0v) is 12.0. The number of nitrogens with zero attached hydrogens (tertiary/aromatic N) is 1. The van der Waals surface area contributed by atoms with E-state index in [2.05, 4.69) is 16.3 Å². The number of rotatable bonds is 5. The molecule has 1 N–H and O–H groups in total. The van der Waals surface area contributed by atoms with Crippen LogP contribution in [0.5, 0.6) is 0 Å². The highest BCUT2D eigenvalue weighted by Crippen LogP contribution is 2.28. The van der Waals surface area contributed by atoms with Crippen LogP contribution in [0.25, 0.3) is 0 Å². The second-order valence-corrected chi connectivity index (χ2v) is 6.86. The summed E-state index contributed by atoms with van der Waals surface area (Å²) >= 11 is 7.55. The van der Waals surface area contributed by atoms with Crippen molar-refractivity contribution in [2.75, 3.05) is 26.2 Å². The maximum absolute atomic E-state index is 5.91. The van der Waals surface area contributed by atoms with Crippen molar-refractivity contribution < 1.29 is 4.74 Å². The summed E-state index contributed by atoms with van der Waals surface area (Å²) in [6, 6.07) is 4.89. The van der Waals surface area contributed by atoms with Gasteiger partial charge in [-0.3, -0.25) is 4.90 Å². The van der Waals surface area contributed by atoms with Crippen LogP contribution in [-0.4, -0.2) is 43.3 Å². The molecule has 1 atom stereocenters. The predicted molar refractivity (Wildman–Crippen MR) is 75.4 cm³/mol. The molecule has 0 spiro atoms. The van der Waals surface area contributed by atoms with Crippen molar-refractivity contribution >= 4 is 22.9 Å². The van der Waals surface area contributed by atoms with Crippen molar-refractivity contribution in [2.24, 2.45) is 0 Å². The van der Waals surface area contributed by atoms with Gasteiger partial charge in [0, 0.05) is 37.1 Å². The number of hydrogen-bond donors (Lipinski definition) is 1. The van der Waals surface area contributed by atoms with E-state index in [9.17, 15) is 0 Å². The Labute approximate surface area is 117 Å². The minimum Gasteiger partial charge on any atom is -0.374 e. The molecule has 2 fully saturated rings. The first-order chi connectivity index (χ1) is 8.81. The molecule has 100 valence electrons. The standard InChI is InChI=1S/C13H19ClN2OS/c14-13-4-3-12(18-13)8-15-7-11-9-16(5-6-17-11)10-1-2-10/h3-4,10-11,15H,1-2,5-9H2. The van der Waals surface area contributed by atoms with Gasteiger partial charge in [0.25, 0.3) is 0 Å². The number of hydrogen-bond acceptors (Lipinski definition) is 4.